The minimum atomic E-state index is -3.83. The number of carbonyl (C=O) groups is 1. The first-order chi connectivity index (χ1) is 16.1. The van der Waals surface area contributed by atoms with Crippen molar-refractivity contribution in [1.82, 2.24) is 4.31 Å². The van der Waals surface area contributed by atoms with Gasteiger partial charge in [0.25, 0.3) is 20.0 Å². The van der Waals surface area contributed by atoms with Gasteiger partial charge in [-0.3, -0.25) is 9.52 Å². The van der Waals surface area contributed by atoms with Gasteiger partial charge in [0.15, 0.2) is 0 Å². The Morgan fingerprint density at radius 2 is 1.76 bits per heavy atom. The van der Waals surface area contributed by atoms with Gasteiger partial charge >= 0.3 is 0 Å². The number of anilines is 2. The highest BCUT2D eigenvalue weighted by Gasteiger charge is 2.33. The molecule has 0 radical (unpaired) electrons. The van der Waals surface area contributed by atoms with Crippen molar-refractivity contribution in [2.75, 3.05) is 23.1 Å². The highest BCUT2D eigenvalue weighted by atomic mass is 35.5. The van der Waals surface area contributed by atoms with Crippen LogP contribution in [-0.4, -0.2) is 40.1 Å². The number of piperidine rings is 1. The van der Waals surface area contributed by atoms with Crippen LogP contribution in [0.25, 0.3) is 0 Å². The fraction of sp³-hybridized carbons (Fsp3) is 0.227. The molecule has 4 rings (SSSR count). The van der Waals surface area contributed by atoms with E-state index in [0.717, 1.165) is 11.3 Å². The van der Waals surface area contributed by atoms with E-state index in [4.69, 9.17) is 11.6 Å². The Hall–Kier alpha value is -2.44. The predicted octanol–water partition coefficient (Wildman–Crippen LogP) is 4.24. The number of nitrogens with one attached hydrogen (secondary N) is 2. The summed E-state index contributed by atoms with van der Waals surface area (Å²) in [5.74, 6) is -0.810. The van der Waals surface area contributed by atoms with Crippen LogP contribution in [0.1, 0.15) is 12.8 Å². The second-order valence-corrected chi connectivity index (χ2v) is 13.0. The summed E-state index contributed by atoms with van der Waals surface area (Å²) in [5, 5.41) is 4.87. The fourth-order valence-corrected chi connectivity index (χ4v) is 7.55. The van der Waals surface area contributed by atoms with Gasteiger partial charge in [0.05, 0.1) is 16.5 Å². The van der Waals surface area contributed by atoms with Crippen molar-refractivity contribution in [3.63, 3.8) is 0 Å². The van der Waals surface area contributed by atoms with E-state index in [1.165, 1.54) is 34.6 Å². The Bertz CT molecular complexity index is 1380. The lowest BCUT2D eigenvalue weighted by atomic mass is 9.99. The molecular weight excluding hydrogens is 518 g/mol. The number of halogens is 1. The van der Waals surface area contributed by atoms with E-state index in [1.807, 2.05) is 0 Å². The highest BCUT2D eigenvalue weighted by molar-refractivity contribution is 7.92. The molecule has 1 aliphatic heterocycles. The average molecular weight is 540 g/mol. The standard InChI is InChI=1S/C22H22ClN3O5S3/c23-17-5-1-6-19(14-17)25-33(28,29)20-10-8-18(9-11-20)24-22(27)16-4-2-12-26(15-16)34(30,31)21-7-3-13-32-21/h1,3,5-11,13-14,16,25H,2,4,12,15H2,(H,24,27)/t16-/m0/s1. The third-order valence-corrected chi connectivity index (χ3v) is 10.2. The molecule has 1 aliphatic rings. The molecule has 0 saturated carbocycles. The molecule has 0 bridgehead atoms. The first-order valence-corrected chi connectivity index (χ1v) is 14.6. The lowest BCUT2D eigenvalue weighted by Crippen LogP contribution is -2.43. The summed E-state index contributed by atoms with van der Waals surface area (Å²) in [4.78, 5) is 12.8. The molecule has 2 heterocycles. The molecule has 1 saturated heterocycles. The molecule has 0 unspecified atom stereocenters. The fourth-order valence-electron chi connectivity index (χ4n) is 3.64. The molecule has 1 fully saturated rings. The zero-order valence-corrected chi connectivity index (χ0v) is 21.1. The number of hydrogen-bond donors (Lipinski definition) is 2. The Labute approximate surface area is 207 Å². The molecule has 12 heteroatoms. The van der Waals surface area contributed by atoms with Crippen LogP contribution in [0.3, 0.4) is 0 Å². The average Bonchev–Trinajstić information content (AvgIpc) is 3.35. The molecule has 180 valence electrons. The minimum Gasteiger partial charge on any atom is -0.326 e. The summed E-state index contributed by atoms with van der Waals surface area (Å²) in [7, 11) is -7.45. The number of nitrogens with zero attached hydrogens (tertiary/aromatic N) is 1. The van der Waals surface area contributed by atoms with E-state index in [2.05, 4.69) is 10.0 Å². The van der Waals surface area contributed by atoms with Gasteiger partial charge in [-0.2, -0.15) is 4.31 Å². The lowest BCUT2D eigenvalue weighted by molar-refractivity contribution is -0.120. The van der Waals surface area contributed by atoms with E-state index >= 15 is 0 Å². The highest BCUT2D eigenvalue weighted by Crippen LogP contribution is 2.27. The Morgan fingerprint density at radius 1 is 1.00 bits per heavy atom. The van der Waals surface area contributed by atoms with Gasteiger partial charge in [0.1, 0.15) is 4.21 Å². The molecule has 2 N–H and O–H groups in total. The van der Waals surface area contributed by atoms with Crippen LogP contribution in [-0.2, 0) is 24.8 Å². The molecule has 8 nitrogen and oxygen atoms in total. The first kappa shape index (κ1) is 24.7. The number of thiophene rings is 1. The molecule has 0 spiro atoms. The van der Waals surface area contributed by atoms with Crippen molar-refractivity contribution in [3.05, 3.63) is 71.1 Å². The molecule has 34 heavy (non-hydrogen) atoms. The monoisotopic (exact) mass is 539 g/mol. The van der Waals surface area contributed by atoms with Gasteiger partial charge in [-0.25, -0.2) is 16.8 Å². The minimum absolute atomic E-state index is 0.0244. The summed E-state index contributed by atoms with van der Waals surface area (Å²) in [6, 6.07) is 15.4. The second-order valence-electron chi connectivity index (χ2n) is 7.76. The van der Waals surface area contributed by atoms with Gasteiger partial charge in [0, 0.05) is 23.8 Å². The zero-order chi connectivity index (χ0) is 24.3. The molecule has 1 amide bonds. The molecule has 2 aromatic carbocycles. The quantitative estimate of drug-likeness (QED) is 0.466. The molecule has 0 aliphatic carbocycles. The Kier molecular flexibility index (Phi) is 7.29. The SMILES string of the molecule is O=C(Nc1ccc(S(=O)(=O)Nc2cccc(Cl)c2)cc1)[C@H]1CCCN(S(=O)(=O)c2cccs2)C1. The van der Waals surface area contributed by atoms with Gasteiger partial charge in [-0.1, -0.05) is 23.7 Å². The van der Waals surface area contributed by atoms with E-state index in [1.54, 1.807) is 35.7 Å². The zero-order valence-electron chi connectivity index (χ0n) is 17.8. The maximum absolute atomic E-state index is 12.8. The van der Waals surface area contributed by atoms with Crippen LogP contribution in [0.15, 0.2) is 75.1 Å². The van der Waals surface area contributed by atoms with Gasteiger partial charge in [-0.15, -0.1) is 11.3 Å². The summed E-state index contributed by atoms with van der Waals surface area (Å²) >= 11 is 7.05. The van der Waals surface area contributed by atoms with Crippen molar-refractivity contribution in [2.24, 2.45) is 5.92 Å². The van der Waals surface area contributed by atoms with Crippen LogP contribution in [0.2, 0.25) is 5.02 Å². The van der Waals surface area contributed by atoms with E-state index in [9.17, 15) is 21.6 Å². The third-order valence-electron chi connectivity index (χ3n) is 5.35. The van der Waals surface area contributed by atoms with Crippen molar-refractivity contribution in [2.45, 2.75) is 21.9 Å². The Morgan fingerprint density at radius 3 is 2.44 bits per heavy atom. The molecule has 1 atom stereocenters. The number of amides is 1. The third kappa shape index (κ3) is 5.61. The smallest absolute Gasteiger partial charge is 0.261 e. The number of sulfonamides is 2. The van der Waals surface area contributed by atoms with Crippen LogP contribution in [0, 0.1) is 5.92 Å². The van der Waals surface area contributed by atoms with Crippen LogP contribution in [0.5, 0.6) is 0 Å². The van der Waals surface area contributed by atoms with Crippen molar-refractivity contribution in [3.8, 4) is 0 Å². The van der Waals surface area contributed by atoms with Crippen molar-refractivity contribution < 1.29 is 21.6 Å². The topological polar surface area (TPSA) is 113 Å². The van der Waals surface area contributed by atoms with E-state index in [0.29, 0.717) is 35.8 Å². The number of hydrogen-bond acceptors (Lipinski definition) is 6. The summed E-state index contributed by atoms with van der Waals surface area (Å²) in [6.07, 6.45) is 1.15. The van der Waals surface area contributed by atoms with Crippen molar-refractivity contribution in [1.29, 1.82) is 0 Å². The second kappa shape index (κ2) is 10.0. The maximum Gasteiger partial charge on any atom is 0.261 e. The van der Waals surface area contributed by atoms with Crippen molar-refractivity contribution >= 4 is 60.3 Å². The molecule has 1 aromatic heterocycles. The van der Waals surface area contributed by atoms with Crippen LogP contribution >= 0.6 is 22.9 Å². The first-order valence-electron chi connectivity index (χ1n) is 10.4. The van der Waals surface area contributed by atoms with Gasteiger partial charge < -0.3 is 5.32 Å². The van der Waals surface area contributed by atoms with Gasteiger partial charge in [0.2, 0.25) is 5.91 Å². The number of rotatable bonds is 7. The van der Waals surface area contributed by atoms with E-state index in [-0.39, 0.29) is 21.6 Å². The normalized spacial score (nSPS) is 17.3. The summed E-state index contributed by atoms with van der Waals surface area (Å²) < 4.78 is 54.9. The van der Waals surface area contributed by atoms with E-state index < -0.39 is 26.0 Å². The largest absolute Gasteiger partial charge is 0.326 e. The maximum atomic E-state index is 12.8. The van der Waals surface area contributed by atoms with Crippen LogP contribution < -0.4 is 10.0 Å². The number of benzene rings is 2. The van der Waals surface area contributed by atoms with Gasteiger partial charge in [-0.05, 0) is 66.8 Å². The van der Waals surface area contributed by atoms with Crippen LogP contribution in [0.4, 0.5) is 11.4 Å². The molecular formula is C22H22ClN3O5S3. The summed E-state index contributed by atoms with van der Waals surface area (Å²) in [6.45, 7) is 0.471. The lowest BCUT2D eigenvalue weighted by Gasteiger charge is -2.30. The molecule has 3 aromatic rings. The number of carbonyl (C=O) groups excluding carboxylic acids is 1. The summed E-state index contributed by atoms with van der Waals surface area (Å²) in [5.41, 5.74) is 0.758. The predicted molar refractivity (Wildman–Crippen MR) is 133 cm³/mol. The Balaban J connectivity index is 1.40.